The van der Waals surface area contributed by atoms with E-state index in [4.69, 9.17) is 5.26 Å². The van der Waals surface area contributed by atoms with Crippen LogP contribution in [0.15, 0.2) is 11.6 Å². The number of rotatable bonds is 6. The first-order valence-electron chi connectivity index (χ1n) is 6.16. The van der Waals surface area contributed by atoms with E-state index in [0.29, 0.717) is 0 Å². The molecular weight excluding hydrogens is 184 g/mol. The van der Waals surface area contributed by atoms with Gasteiger partial charge in [0.1, 0.15) is 0 Å². The van der Waals surface area contributed by atoms with Crippen LogP contribution in [0.2, 0.25) is 0 Å². The molecule has 1 unspecified atom stereocenters. The third-order valence-corrected chi connectivity index (χ3v) is 3.05. The van der Waals surface area contributed by atoms with Crippen molar-refractivity contribution in [3.8, 4) is 6.07 Å². The normalized spacial score (nSPS) is 20.8. The molecule has 0 saturated carbocycles. The van der Waals surface area contributed by atoms with Crippen molar-refractivity contribution >= 4 is 0 Å². The maximum atomic E-state index is 8.72. The van der Waals surface area contributed by atoms with Crippen LogP contribution >= 0.6 is 0 Å². The summed E-state index contributed by atoms with van der Waals surface area (Å²) in [5, 5.41) is 12.2. The highest BCUT2D eigenvalue weighted by atomic mass is 14.8. The van der Waals surface area contributed by atoms with E-state index in [1.165, 1.54) is 25.7 Å². The third kappa shape index (κ3) is 4.99. The summed E-state index contributed by atoms with van der Waals surface area (Å²) >= 11 is 0. The number of unbranched alkanes of at least 4 members (excludes halogenated alkanes) is 2. The van der Waals surface area contributed by atoms with Gasteiger partial charge in [0.25, 0.3) is 0 Å². The molecular formula is C13H22N2. The van der Waals surface area contributed by atoms with Gasteiger partial charge in [-0.05, 0) is 44.7 Å². The zero-order valence-electron chi connectivity index (χ0n) is 9.76. The van der Waals surface area contributed by atoms with Gasteiger partial charge in [-0.2, -0.15) is 5.26 Å². The van der Waals surface area contributed by atoms with Crippen LogP contribution in [0, 0.1) is 17.2 Å². The molecule has 2 nitrogen and oxygen atoms in total. The first-order chi connectivity index (χ1) is 7.36. The topological polar surface area (TPSA) is 35.8 Å². The SMILES string of the molecule is CCCCCNCC1CC=C(C#N)CC1. The Morgan fingerprint density at radius 3 is 3.00 bits per heavy atom. The van der Waals surface area contributed by atoms with Crippen LogP contribution < -0.4 is 5.32 Å². The summed E-state index contributed by atoms with van der Waals surface area (Å²) in [6.45, 7) is 4.51. The van der Waals surface area contributed by atoms with E-state index in [0.717, 1.165) is 37.4 Å². The summed E-state index contributed by atoms with van der Waals surface area (Å²) in [4.78, 5) is 0. The summed E-state index contributed by atoms with van der Waals surface area (Å²) < 4.78 is 0. The standard InChI is InChI=1S/C13H22N2/c1-2-3-4-9-15-11-13-7-5-12(10-14)6-8-13/h5,13,15H,2-4,6-9,11H2,1H3. The first-order valence-corrected chi connectivity index (χ1v) is 6.16. The maximum Gasteiger partial charge on any atom is 0.0943 e. The number of allylic oxidation sites excluding steroid dienone is 2. The quantitative estimate of drug-likeness (QED) is 0.678. The fourth-order valence-corrected chi connectivity index (χ4v) is 1.98. The Labute approximate surface area is 93.4 Å². The lowest BCUT2D eigenvalue weighted by molar-refractivity contribution is 0.433. The predicted molar refractivity (Wildman–Crippen MR) is 63.4 cm³/mol. The highest BCUT2D eigenvalue weighted by Crippen LogP contribution is 2.22. The lowest BCUT2D eigenvalue weighted by atomic mass is 9.90. The molecule has 0 radical (unpaired) electrons. The molecule has 0 fully saturated rings. The molecule has 1 N–H and O–H groups in total. The first kappa shape index (κ1) is 12.3. The van der Waals surface area contributed by atoms with Crippen LogP contribution in [-0.4, -0.2) is 13.1 Å². The van der Waals surface area contributed by atoms with Gasteiger partial charge in [0, 0.05) is 5.57 Å². The summed E-state index contributed by atoms with van der Waals surface area (Å²) in [6, 6.07) is 2.25. The van der Waals surface area contributed by atoms with Gasteiger partial charge >= 0.3 is 0 Å². The highest BCUT2D eigenvalue weighted by Gasteiger charge is 2.13. The maximum absolute atomic E-state index is 8.72. The van der Waals surface area contributed by atoms with E-state index in [9.17, 15) is 0 Å². The fraction of sp³-hybridized carbons (Fsp3) is 0.769. The highest BCUT2D eigenvalue weighted by molar-refractivity contribution is 5.22. The van der Waals surface area contributed by atoms with Crippen LogP contribution in [0.4, 0.5) is 0 Å². The average molecular weight is 206 g/mol. The van der Waals surface area contributed by atoms with Crippen molar-refractivity contribution in [3.63, 3.8) is 0 Å². The molecule has 0 aromatic heterocycles. The van der Waals surface area contributed by atoms with E-state index in [1.807, 2.05) is 0 Å². The number of nitriles is 1. The molecule has 0 bridgehead atoms. The van der Waals surface area contributed by atoms with E-state index >= 15 is 0 Å². The molecule has 1 atom stereocenters. The predicted octanol–water partition coefficient (Wildman–Crippen LogP) is 3.02. The Balaban J connectivity index is 2.04. The number of nitrogens with zero attached hydrogens (tertiary/aromatic N) is 1. The van der Waals surface area contributed by atoms with Crippen molar-refractivity contribution in [3.05, 3.63) is 11.6 Å². The second-order valence-electron chi connectivity index (χ2n) is 4.39. The largest absolute Gasteiger partial charge is 0.316 e. The molecule has 0 aromatic carbocycles. The average Bonchev–Trinajstić information content (AvgIpc) is 2.30. The summed E-state index contributed by atoms with van der Waals surface area (Å²) in [7, 11) is 0. The van der Waals surface area contributed by atoms with E-state index in [-0.39, 0.29) is 0 Å². The molecule has 0 amide bonds. The molecule has 0 aliphatic heterocycles. The van der Waals surface area contributed by atoms with Crippen LogP contribution in [0.5, 0.6) is 0 Å². The van der Waals surface area contributed by atoms with Crippen LogP contribution in [0.3, 0.4) is 0 Å². The molecule has 0 heterocycles. The molecule has 0 saturated heterocycles. The zero-order valence-corrected chi connectivity index (χ0v) is 9.76. The number of hydrogen-bond acceptors (Lipinski definition) is 2. The lowest BCUT2D eigenvalue weighted by Gasteiger charge is -2.19. The summed E-state index contributed by atoms with van der Waals surface area (Å²) in [5.74, 6) is 0.753. The minimum Gasteiger partial charge on any atom is -0.316 e. The second-order valence-corrected chi connectivity index (χ2v) is 4.39. The molecule has 0 aromatic rings. The van der Waals surface area contributed by atoms with Crippen molar-refractivity contribution in [1.29, 1.82) is 5.26 Å². The lowest BCUT2D eigenvalue weighted by Crippen LogP contribution is -2.24. The van der Waals surface area contributed by atoms with Gasteiger partial charge in [-0.1, -0.05) is 25.8 Å². The Hall–Kier alpha value is -0.810. The third-order valence-electron chi connectivity index (χ3n) is 3.05. The van der Waals surface area contributed by atoms with Crippen molar-refractivity contribution in [2.24, 2.45) is 5.92 Å². The van der Waals surface area contributed by atoms with Gasteiger partial charge in [-0.25, -0.2) is 0 Å². The molecule has 0 spiro atoms. The smallest absolute Gasteiger partial charge is 0.0943 e. The molecule has 1 aliphatic rings. The van der Waals surface area contributed by atoms with E-state index in [2.05, 4.69) is 24.4 Å². The number of nitrogens with one attached hydrogen (secondary N) is 1. The molecule has 1 aliphatic carbocycles. The summed E-state index contributed by atoms with van der Waals surface area (Å²) in [6.07, 6.45) is 9.28. The molecule has 2 heteroatoms. The fourth-order valence-electron chi connectivity index (χ4n) is 1.98. The van der Waals surface area contributed by atoms with E-state index < -0.39 is 0 Å². The second kappa shape index (κ2) is 7.48. The number of hydrogen-bond donors (Lipinski definition) is 1. The molecule has 1 rings (SSSR count). The van der Waals surface area contributed by atoms with Gasteiger partial charge in [-0.3, -0.25) is 0 Å². The van der Waals surface area contributed by atoms with Crippen molar-refractivity contribution < 1.29 is 0 Å². The zero-order chi connectivity index (χ0) is 10.9. The van der Waals surface area contributed by atoms with Crippen LogP contribution in [-0.2, 0) is 0 Å². The monoisotopic (exact) mass is 206 g/mol. The van der Waals surface area contributed by atoms with Gasteiger partial charge in [-0.15, -0.1) is 0 Å². The van der Waals surface area contributed by atoms with Gasteiger partial charge in [0.15, 0.2) is 0 Å². The van der Waals surface area contributed by atoms with Crippen molar-refractivity contribution in [2.75, 3.05) is 13.1 Å². The van der Waals surface area contributed by atoms with Crippen LogP contribution in [0.25, 0.3) is 0 Å². The van der Waals surface area contributed by atoms with Gasteiger partial charge < -0.3 is 5.32 Å². The van der Waals surface area contributed by atoms with Crippen LogP contribution in [0.1, 0.15) is 45.4 Å². The van der Waals surface area contributed by atoms with Crippen molar-refractivity contribution in [1.82, 2.24) is 5.32 Å². The van der Waals surface area contributed by atoms with E-state index in [1.54, 1.807) is 0 Å². The minimum absolute atomic E-state index is 0.753. The Bertz CT molecular complexity index is 237. The minimum atomic E-state index is 0.753. The molecule has 15 heavy (non-hydrogen) atoms. The Morgan fingerprint density at radius 2 is 2.40 bits per heavy atom. The Morgan fingerprint density at radius 1 is 1.53 bits per heavy atom. The van der Waals surface area contributed by atoms with Gasteiger partial charge in [0.2, 0.25) is 0 Å². The van der Waals surface area contributed by atoms with Crippen molar-refractivity contribution in [2.45, 2.75) is 45.4 Å². The van der Waals surface area contributed by atoms with Gasteiger partial charge in [0.05, 0.1) is 6.07 Å². The summed E-state index contributed by atoms with van der Waals surface area (Å²) in [5.41, 5.74) is 0.984. The Kier molecular flexibility index (Phi) is 6.11. The molecule has 84 valence electrons.